The molecule has 3 aromatic rings. The Kier molecular flexibility index (Phi) is 2.99. The second-order valence-electron chi connectivity index (χ2n) is 4.53. The lowest BCUT2D eigenvalue weighted by Crippen LogP contribution is -1.92. The van der Waals surface area contributed by atoms with Crippen molar-refractivity contribution in [3.63, 3.8) is 0 Å². The van der Waals surface area contributed by atoms with E-state index in [1.807, 2.05) is 12.1 Å². The lowest BCUT2D eigenvalue weighted by Gasteiger charge is -2.10. The van der Waals surface area contributed by atoms with Crippen molar-refractivity contribution >= 4 is 21.9 Å². The van der Waals surface area contributed by atoms with Crippen molar-refractivity contribution in [2.24, 2.45) is 0 Å². The number of fused-ring (bicyclic) bond motifs is 2. The van der Waals surface area contributed by atoms with Crippen molar-refractivity contribution in [3.05, 3.63) is 30.2 Å². The molecule has 5 nitrogen and oxygen atoms in total. The Hall–Kier alpha value is -2.27. The highest BCUT2D eigenvalue weighted by molar-refractivity contribution is 6.07. The van der Waals surface area contributed by atoms with Crippen LogP contribution in [-0.2, 0) is 0 Å². The molecule has 1 unspecified atom stereocenters. The summed E-state index contributed by atoms with van der Waals surface area (Å²) in [6.07, 6.45) is 0.999. The van der Waals surface area contributed by atoms with Gasteiger partial charge in [0, 0.05) is 6.20 Å². The van der Waals surface area contributed by atoms with Crippen LogP contribution in [0.15, 0.2) is 28.8 Å². The topological polar surface area (TPSA) is 64.7 Å². The van der Waals surface area contributed by atoms with Crippen molar-refractivity contribution in [1.29, 1.82) is 0 Å². The Morgan fingerprint density at radius 3 is 2.60 bits per heavy atom. The van der Waals surface area contributed by atoms with Crippen LogP contribution in [0, 0.1) is 0 Å². The van der Waals surface area contributed by atoms with E-state index in [2.05, 4.69) is 4.98 Å². The van der Waals surface area contributed by atoms with E-state index in [0.29, 0.717) is 28.4 Å². The summed E-state index contributed by atoms with van der Waals surface area (Å²) in [6, 6.07) is 5.48. The monoisotopic (exact) mass is 273 g/mol. The van der Waals surface area contributed by atoms with Gasteiger partial charge < -0.3 is 19.0 Å². The zero-order chi connectivity index (χ0) is 14.3. The Labute approximate surface area is 115 Å². The molecular weight excluding hydrogens is 258 g/mol. The fourth-order valence-corrected chi connectivity index (χ4v) is 2.38. The lowest BCUT2D eigenvalue weighted by molar-refractivity contribution is 0.172. The summed E-state index contributed by atoms with van der Waals surface area (Å²) in [4.78, 5) is 4.36. The number of furan rings is 1. The van der Waals surface area contributed by atoms with Crippen LogP contribution in [0.25, 0.3) is 21.9 Å². The minimum Gasteiger partial charge on any atom is -0.494 e. The zero-order valence-electron chi connectivity index (χ0n) is 11.5. The van der Waals surface area contributed by atoms with Gasteiger partial charge in [-0.05, 0) is 25.1 Å². The van der Waals surface area contributed by atoms with E-state index >= 15 is 0 Å². The molecule has 0 radical (unpaired) electrons. The number of pyridine rings is 1. The van der Waals surface area contributed by atoms with Crippen molar-refractivity contribution in [2.45, 2.75) is 13.0 Å². The number of hydrogen-bond donors (Lipinski definition) is 1. The number of aromatic nitrogens is 1. The third-order valence-electron chi connectivity index (χ3n) is 3.29. The molecule has 0 fully saturated rings. The molecule has 0 saturated heterocycles. The maximum atomic E-state index is 9.70. The summed E-state index contributed by atoms with van der Waals surface area (Å²) in [6.45, 7) is 1.65. The summed E-state index contributed by atoms with van der Waals surface area (Å²) < 4.78 is 16.7. The Morgan fingerprint density at radius 2 is 1.95 bits per heavy atom. The molecular formula is C15H15NO4. The highest BCUT2D eigenvalue weighted by atomic mass is 16.5. The standard InChI is InChI=1S/C15H15NO4/c1-8(17)11-7-10-13(18-2)12-9(5-4-6-16-12)14(19-3)15(10)20-11/h4-8,17H,1-3H3. The first kappa shape index (κ1) is 12.7. The number of aliphatic hydroxyl groups is 1. The highest BCUT2D eigenvalue weighted by Gasteiger charge is 2.21. The van der Waals surface area contributed by atoms with Gasteiger partial charge in [-0.25, -0.2) is 0 Å². The molecule has 1 atom stereocenters. The molecule has 0 aliphatic carbocycles. The van der Waals surface area contributed by atoms with Crippen molar-refractivity contribution in [3.8, 4) is 11.5 Å². The average molecular weight is 273 g/mol. The maximum absolute atomic E-state index is 9.70. The predicted molar refractivity (Wildman–Crippen MR) is 75.3 cm³/mol. The van der Waals surface area contributed by atoms with E-state index in [0.717, 1.165) is 10.8 Å². The molecule has 0 bridgehead atoms. The predicted octanol–water partition coefficient (Wildman–Crippen LogP) is 3.05. The van der Waals surface area contributed by atoms with Crippen LogP contribution in [0.1, 0.15) is 18.8 Å². The van der Waals surface area contributed by atoms with Gasteiger partial charge in [0.05, 0.1) is 25.0 Å². The number of benzene rings is 1. The Bertz CT molecular complexity index is 716. The highest BCUT2D eigenvalue weighted by Crippen LogP contribution is 2.43. The third kappa shape index (κ3) is 1.71. The average Bonchev–Trinajstić information content (AvgIpc) is 2.89. The zero-order valence-corrected chi connectivity index (χ0v) is 11.5. The van der Waals surface area contributed by atoms with Crippen LogP contribution < -0.4 is 9.47 Å². The van der Waals surface area contributed by atoms with Gasteiger partial charge in [-0.2, -0.15) is 0 Å². The fourth-order valence-electron chi connectivity index (χ4n) is 2.38. The number of hydrogen-bond acceptors (Lipinski definition) is 5. The first-order valence-corrected chi connectivity index (χ1v) is 6.27. The van der Waals surface area contributed by atoms with Gasteiger partial charge >= 0.3 is 0 Å². The summed E-state index contributed by atoms with van der Waals surface area (Å²) >= 11 is 0. The molecule has 0 spiro atoms. The number of methoxy groups -OCH3 is 2. The summed E-state index contributed by atoms with van der Waals surface area (Å²) in [5, 5.41) is 11.3. The van der Waals surface area contributed by atoms with Crippen LogP contribution >= 0.6 is 0 Å². The van der Waals surface area contributed by atoms with E-state index in [4.69, 9.17) is 13.9 Å². The molecule has 0 aliphatic rings. The Balaban J connectivity index is 2.51. The fraction of sp³-hybridized carbons (Fsp3) is 0.267. The van der Waals surface area contributed by atoms with Gasteiger partial charge in [-0.15, -0.1) is 0 Å². The van der Waals surface area contributed by atoms with E-state index in [-0.39, 0.29) is 0 Å². The second-order valence-corrected chi connectivity index (χ2v) is 4.53. The van der Waals surface area contributed by atoms with E-state index in [1.54, 1.807) is 33.4 Å². The largest absolute Gasteiger partial charge is 0.494 e. The van der Waals surface area contributed by atoms with E-state index in [1.165, 1.54) is 0 Å². The molecule has 0 amide bonds. The van der Waals surface area contributed by atoms with Gasteiger partial charge in [0.1, 0.15) is 17.4 Å². The van der Waals surface area contributed by atoms with Crippen LogP contribution in [0.3, 0.4) is 0 Å². The molecule has 1 N–H and O–H groups in total. The molecule has 3 rings (SSSR count). The van der Waals surface area contributed by atoms with E-state index in [9.17, 15) is 5.11 Å². The van der Waals surface area contributed by atoms with Crippen LogP contribution in [0.2, 0.25) is 0 Å². The summed E-state index contributed by atoms with van der Waals surface area (Å²) in [5.41, 5.74) is 1.26. The smallest absolute Gasteiger partial charge is 0.180 e. The second kappa shape index (κ2) is 4.68. The van der Waals surface area contributed by atoms with Gasteiger partial charge in [-0.1, -0.05) is 0 Å². The third-order valence-corrected chi connectivity index (χ3v) is 3.29. The number of aliphatic hydroxyl groups excluding tert-OH is 1. The summed E-state index contributed by atoms with van der Waals surface area (Å²) in [7, 11) is 3.17. The first-order valence-electron chi connectivity index (χ1n) is 6.27. The number of rotatable bonds is 3. The van der Waals surface area contributed by atoms with Gasteiger partial charge in [0.2, 0.25) is 0 Å². The molecule has 2 aromatic heterocycles. The van der Waals surface area contributed by atoms with Gasteiger partial charge in [0.25, 0.3) is 0 Å². The number of ether oxygens (including phenoxy) is 2. The van der Waals surface area contributed by atoms with E-state index < -0.39 is 6.10 Å². The minimum atomic E-state index is -0.701. The van der Waals surface area contributed by atoms with Gasteiger partial charge in [-0.3, -0.25) is 4.98 Å². The molecule has 0 aliphatic heterocycles. The van der Waals surface area contributed by atoms with Gasteiger partial charge in [0.15, 0.2) is 17.1 Å². The maximum Gasteiger partial charge on any atom is 0.180 e. The molecule has 104 valence electrons. The van der Waals surface area contributed by atoms with Crippen LogP contribution in [-0.4, -0.2) is 24.3 Å². The Morgan fingerprint density at radius 1 is 1.20 bits per heavy atom. The quantitative estimate of drug-likeness (QED) is 0.794. The molecule has 0 saturated carbocycles. The number of nitrogens with zero attached hydrogens (tertiary/aromatic N) is 1. The van der Waals surface area contributed by atoms with Crippen molar-refractivity contribution in [2.75, 3.05) is 14.2 Å². The molecule has 2 heterocycles. The van der Waals surface area contributed by atoms with Crippen LogP contribution in [0.4, 0.5) is 0 Å². The molecule has 20 heavy (non-hydrogen) atoms. The SMILES string of the molecule is COc1c2cc(C(C)O)oc2c(OC)c2cccnc12. The van der Waals surface area contributed by atoms with Crippen LogP contribution in [0.5, 0.6) is 11.5 Å². The lowest BCUT2D eigenvalue weighted by atomic mass is 10.1. The molecule has 1 aromatic carbocycles. The van der Waals surface area contributed by atoms with Crippen molar-refractivity contribution in [1.82, 2.24) is 4.98 Å². The molecule has 5 heteroatoms. The normalized spacial score (nSPS) is 12.8. The summed E-state index contributed by atoms with van der Waals surface area (Å²) in [5.74, 6) is 1.68. The first-order chi connectivity index (χ1) is 9.67. The van der Waals surface area contributed by atoms with Crippen molar-refractivity contribution < 1.29 is 19.0 Å². The minimum absolute atomic E-state index is 0.465.